The Morgan fingerprint density at radius 3 is 3.00 bits per heavy atom. The lowest BCUT2D eigenvalue weighted by Crippen LogP contribution is -2.21. The molecule has 0 amide bonds. The van der Waals surface area contributed by atoms with Crippen LogP contribution >= 0.6 is 11.8 Å². The fourth-order valence-corrected chi connectivity index (χ4v) is 3.60. The molecule has 0 aromatic carbocycles. The highest BCUT2D eigenvalue weighted by atomic mass is 32.2. The van der Waals surface area contributed by atoms with Crippen LogP contribution in [0.25, 0.3) is 0 Å². The Labute approximate surface area is 99.5 Å². The van der Waals surface area contributed by atoms with Crippen molar-refractivity contribution in [1.82, 2.24) is 9.78 Å². The number of nitrogen functional groups attached to an aromatic ring is 1. The maximum atomic E-state index is 5.98. The van der Waals surface area contributed by atoms with Crippen molar-refractivity contribution in [2.75, 3.05) is 23.8 Å². The van der Waals surface area contributed by atoms with Gasteiger partial charge in [-0.05, 0) is 24.3 Å². The van der Waals surface area contributed by atoms with Crippen molar-refractivity contribution in [2.24, 2.45) is 0 Å². The predicted molar refractivity (Wildman–Crippen MR) is 65.6 cm³/mol. The van der Waals surface area contributed by atoms with Gasteiger partial charge >= 0.3 is 0 Å². The van der Waals surface area contributed by atoms with Crippen LogP contribution in [-0.4, -0.2) is 27.9 Å². The Hall–Kier alpha value is -0.680. The normalized spacial score (nSPS) is 22.0. The summed E-state index contributed by atoms with van der Waals surface area (Å²) in [6, 6.07) is 0.536. The van der Waals surface area contributed by atoms with E-state index in [1.165, 1.54) is 35.6 Å². The first-order valence-corrected chi connectivity index (χ1v) is 7.03. The zero-order chi connectivity index (χ0) is 11.0. The number of fused-ring (bicyclic) bond motifs is 1. The van der Waals surface area contributed by atoms with Crippen molar-refractivity contribution in [3.05, 3.63) is 11.3 Å². The van der Waals surface area contributed by atoms with Crippen LogP contribution in [0.5, 0.6) is 0 Å². The molecule has 3 heterocycles. The highest BCUT2D eigenvalue weighted by molar-refractivity contribution is 7.99. The van der Waals surface area contributed by atoms with E-state index in [0.717, 1.165) is 18.8 Å². The second-order valence-corrected chi connectivity index (χ2v) is 5.63. The zero-order valence-electron chi connectivity index (χ0n) is 9.32. The van der Waals surface area contributed by atoms with E-state index in [2.05, 4.69) is 9.78 Å². The van der Waals surface area contributed by atoms with Gasteiger partial charge in [0.05, 0.1) is 24.9 Å². The molecule has 0 spiro atoms. The van der Waals surface area contributed by atoms with Gasteiger partial charge in [0, 0.05) is 12.0 Å². The van der Waals surface area contributed by atoms with Gasteiger partial charge in [-0.25, -0.2) is 0 Å². The summed E-state index contributed by atoms with van der Waals surface area (Å²) >= 11 is 2.03. The van der Waals surface area contributed by atoms with Crippen LogP contribution in [0, 0.1) is 0 Å². The molecule has 0 bridgehead atoms. The molecule has 0 unspecified atom stereocenters. The Kier molecular flexibility index (Phi) is 2.81. The molecule has 2 aliphatic heterocycles. The molecule has 0 atom stereocenters. The maximum Gasteiger partial charge on any atom is 0.149 e. The Morgan fingerprint density at radius 2 is 2.19 bits per heavy atom. The highest BCUT2D eigenvalue weighted by Crippen LogP contribution is 2.31. The van der Waals surface area contributed by atoms with Crippen molar-refractivity contribution in [3.8, 4) is 0 Å². The van der Waals surface area contributed by atoms with E-state index in [1.54, 1.807) is 0 Å². The van der Waals surface area contributed by atoms with Crippen LogP contribution in [0.15, 0.2) is 0 Å². The third kappa shape index (κ3) is 1.72. The van der Waals surface area contributed by atoms with Gasteiger partial charge in [-0.3, -0.25) is 4.68 Å². The maximum absolute atomic E-state index is 5.98. The molecule has 0 saturated carbocycles. The van der Waals surface area contributed by atoms with E-state index in [9.17, 15) is 0 Å². The molecule has 0 aliphatic carbocycles. The SMILES string of the molecule is Nc1nn(C2CCSCC2)c2c1CCOC2. The lowest BCUT2D eigenvalue weighted by Gasteiger charge is -2.24. The average Bonchev–Trinajstić information content (AvgIpc) is 2.69. The fraction of sp³-hybridized carbons (Fsp3) is 0.727. The van der Waals surface area contributed by atoms with Crippen molar-refractivity contribution >= 4 is 17.6 Å². The lowest BCUT2D eigenvalue weighted by atomic mass is 10.1. The van der Waals surface area contributed by atoms with E-state index in [1.807, 2.05) is 11.8 Å². The largest absolute Gasteiger partial charge is 0.382 e. The van der Waals surface area contributed by atoms with Crippen molar-refractivity contribution in [3.63, 3.8) is 0 Å². The number of anilines is 1. The Bertz CT molecular complexity index is 385. The second kappa shape index (κ2) is 4.30. The van der Waals surface area contributed by atoms with Gasteiger partial charge < -0.3 is 10.5 Å². The lowest BCUT2D eigenvalue weighted by molar-refractivity contribution is 0.102. The highest BCUT2D eigenvalue weighted by Gasteiger charge is 2.25. The molecule has 0 radical (unpaired) electrons. The van der Waals surface area contributed by atoms with Crippen molar-refractivity contribution in [2.45, 2.75) is 31.9 Å². The topological polar surface area (TPSA) is 53.1 Å². The number of nitrogens with zero attached hydrogens (tertiary/aromatic N) is 2. The molecular formula is C11H17N3OS. The number of nitrogens with two attached hydrogens (primary N) is 1. The molecule has 4 nitrogen and oxygen atoms in total. The Balaban J connectivity index is 1.93. The summed E-state index contributed by atoms with van der Waals surface area (Å²) in [6.45, 7) is 1.46. The summed E-state index contributed by atoms with van der Waals surface area (Å²) in [6.07, 6.45) is 3.33. The monoisotopic (exact) mass is 239 g/mol. The van der Waals surface area contributed by atoms with Gasteiger partial charge in [-0.1, -0.05) is 0 Å². The summed E-state index contributed by atoms with van der Waals surface area (Å²) in [7, 11) is 0. The zero-order valence-corrected chi connectivity index (χ0v) is 10.1. The van der Waals surface area contributed by atoms with E-state index < -0.39 is 0 Å². The molecule has 16 heavy (non-hydrogen) atoms. The van der Waals surface area contributed by atoms with E-state index in [4.69, 9.17) is 10.5 Å². The standard InChI is InChI=1S/C11H17N3OS/c12-11-9-1-4-15-7-10(9)14(13-11)8-2-5-16-6-3-8/h8H,1-7H2,(H2,12,13). The van der Waals surface area contributed by atoms with Gasteiger partial charge in [0.2, 0.25) is 0 Å². The minimum absolute atomic E-state index is 0.536. The minimum Gasteiger partial charge on any atom is -0.382 e. The van der Waals surface area contributed by atoms with E-state index in [-0.39, 0.29) is 0 Å². The number of hydrogen-bond donors (Lipinski definition) is 1. The van der Waals surface area contributed by atoms with Gasteiger partial charge in [0.1, 0.15) is 5.82 Å². The number of ether oxygens (including phenoxy) is 1. The van der Waals surface area contributed by atoms with E-state index >= 15 is 0 Å². The summed E-state index contributed by atoms with van der Waals surface area (Å²) in [4.78, 5) is 0. The number of rotatable bonds is 1. The van der Waals surface area contributed by atoms with Gasteiger partial charge in [-0.15, -0.1) is 0 Å². The molecule has 1 aromatic rings. The average molecular weight is 239 g/mol. The summed E-state index contributed by atoms with van der Waals surface area (Å²) in [5.41, 5.74) is 8.43. The summed E-state index contributed by atoms with van der Waals surface area (Å²) in [5, 5.41) is 4.52. The molecular weight excluding hydrogens is 222 g/mol. The van der Waals surface area contributed by atoms with Gasteiger partial charge in [0.15, 0.2) is 0 Å². The predicted octanol–water partition coefficient (Wildman–Crippen LogP) is 1.61. The molecule has 1 saturated heterocycles. The Morgan fingerprint density at radius 1 is 1.38 bits per heavy atom. The summed E-state index contributed by atoms with van der Waals surface area (Å²) in [5.74, 6) is 3.19. The smallest absolute Gasteiger partial charge is 0.149 e. The second-order valence-electron chi connectivity index (χ2n) is 4.40. The first kappa shape index (κ1) is 10.5. The molecule has 1 fully saturated rings. The first-order chi connectivity index (χ1) is 7.86. The van der Waals surface area contributed by atoms with Crippen LogP contribution in [0.1, 0.15) is 30.1 Å². The number of thioether (sulfide) groups is 1. The molecule has 88 valence electrons. The van der Waals surface area contributed by atoms with Crippen LogP contribution in [0.2, 0.25) is 0 Å². The van der Waals surface area contributed by atoms with Gasteiger partial charge in [0.25, 0.3) is 0 Å². The van der Waals surface area contributed by atoms with Gasteiger partial charge in [-0.2, -0.15) is 16.9 Å². The quantitative estimate of drug-likeness (QED) is 0.809. The molecule has 5 heteroatoms. The number of aromatic nitrogens is 2. The molecule has 1 aromatic heterocycles. The minimum atomic E-state index is 0.536. The number of hydrogen-bond acceptors (Lipinski definition) is 4. The fourth-order valence-electron chi connectivity index (χ4n) is 2.52. The first-order valence-electron chi connectivity index (χ1n) is 5.87. The van der Waals surface area contributed by atoms with Crippen molar-refractivity contribution in [1.29, 1.82) is 0 Å². The van der Waals surface area contributed by atoms with Crippen molar-refractivity contribution < 1.29 is 4.74 Å². The van der Waals surface area contributed by atoms with E-state index in [0.29, 0.717) is 12.6 Å². The molecule has 3 rings (SSSR count). The van der Waals surface area contributed by atoms with Crippen LogP contribution in [0.3, 0.4) is 0 Å². The van der Waals surface area contributed by atoms with Crippen LogP contribution in [-0.2, 0) is 17.8 Å². The third-order valence-electron chi connectivity index (χ3n) is 3.42. The third-order valence-corrected chi connectivity index (χ3v) is 4.47. The van der Waals surface area contributed by atoms with Crippen LogP contribution < -0.4 is 5.73 Å². The summed E-state index contributed by atoms with van der Waals surface area (Å²) < 4.78 is 7.66. The molecule has 2 aliphatic rings. The molecule has 2 N–H and O–H groups in total. The van der Waals surface area contributed by atoms with Crippen LogP contribution in [0.4, 0.5) is 5.82 Å².